The first-order chi connectivity index (χ1) is 14.5. The number of rotatable bonds is 7. The third-order valence-corrected chi connectivity index (χ3v) is 4.84. The molecule has 3 aromatic carbocycles. The number of amides is 1. The van der Waals surface area contributed by atoms with Gasteiger partial charge in [-0.25, -0.2) is 4.39 Å². The van der Waals surface area contributed by atoms with Crippen molar-refractivity contribution in [3.63, 3.8) is 0 Å². The van der Waals surface area contributed by atoms with Crippen LogP contribution in [0.2, 0.25) is 0 Å². The van der Waals surface area contributed by atoms with Crippen LogP contribution in [0.15, 0.2) is 79.0 Å². The number of hydrogen-bond acceptors (Lipinski definition) is 3. The predicted octanol–water partition coefficient (Wildman–Crippen LogP) is 4.08. The van der Waals surface area contributed by atoms with Crippen molar-refractivity contribution >= 4 is 22.6 Å². The Labute approximate surface area is 172 Å². The topological polar surface area (TPSA) is 74.3 Å². The summed E-state index contributed by atoms with van der Waals surface area (Å²) in [5, 5.41) is 0.575. The van der Waals surface area contributed by atoms with Crippen LogP contribution in [0.4, 0.5) is 4.39 Å². The Bertz CT molecular complexity index is 1210. The molecule has 2 N–H and O–H groups in total. The second-order valence-corrected chi connectivity index (χ2v) is 6.94. The highest BCUT2D eigenvalue weighted by molar-refractivity contribution is 6.44. The van der Waals surface area contributed by atoms with Crippen molar-refractivity contribution in [2.24, 2.45) is 5.73 Å². The second kappa shape index (κ2) is 8.21. The number of benzene rings is 3. The van der Waals surface area contributed by atoms with Crippen molar-refractivity contribution in [2.75, 3.05) is 0 Å². The molecule has 0 saturated heterocycles. The lowest BCUT2D eigenvalue weighted by Crippen LogP contribution is -2.22. The van der Waals surface area contributed by atoms with Crippen LogP contribution in [0, 0.1) is 5.82 Å². The highest BCUT2D eigenvalue weighted by Gasteiger charge is 2.20. The number of hydrogen-bond donors (Lipinski definition) is 1. The van der Waals surface area contributed by atoms with E-state index in [-0.39, 0.29) is 11.4 Å². The minimum Gasteiger partial charge on any atom is -0.489 e. The minimum absolute atomic E-state index is 0.213. The summed E-state index contributed by atoms with van der Waals surface area (Å²) in [6.07, 6.45) is 1.60. The van der Waals surface area contributed by atoms with Gasteiger partial charge < -0.3 is 15.0 Å². The second-order valence-electron chi connectivity index (χ2n) is 6.94. The van der Waals surface area contributed by atoms with Crippen LogP contribution >= 0.6 is 0 Å². The molecule has 4 rings (SSSR count). The number of carbonyl (C=O) groups excluding carboxylic acids is 2. The molecule has 150 valence electrons. The van der Waals surface area contributed by atoms with Crippen molar-refractivity contribution in [2.45, 2.75) is 13.2 Å². The third-order valence-electron chi connectivity index (χ3n) is 4.84. The standard InChI is InChI=1S/C24H19FN2O3/c25-18-8-6-16(7-9-18)13-27-14-21(23(28)24(26)29)20-12-19(10-11-22(20)27)30-15-17-4-2-1-3-5-17/h1-12,14H,13,15H2,(H2,26,29). The molecule has 30 heavy (non-hydrogen) atoms. The zero-order valence-electron chi connectivity index (χ0n) is 16.0. The van der Waals surface area contributed by atoms with Crippen molar-refractivity contribution in [1.82, 2.24) is 4.57 Å². The molecule has 4 aromatic rings. The van der Waals surface area contributed by atoms with Crippen molar-refractivity contribution in [3.8, 4) is 5.75 Å². The minimum atomic E-state index is -1.02. The largest absolute Gasteiger partial charge is 0.489 e. The molecule has 1 amide bonds. The van der Waals surface area contributed by atoms with E-state index in [0.29, 0.717) is 24.3 Å². The molecule has 0 aliphatic carbocycles. The molecular weight excluding hydrogens is 383 g/mol. The van der Waals surface area contributed by atoms with Gasteiger partial charge in [-0.1, -0.05) is 42.5 Å². The summed E-state index contributed by atoms with van der Waals surface area (Å²) < 4.78 is 20.9. The molecule has 5 nitrogen and oxygen atoms in total. The number of carbonyl (C=O) groups is 2. The number of primary amides is 1. The zero-order valence-corrected chi connectivity index (χ0v) is 16.0. The molecular formula is C24H19FN2O3. The van der Waals surface area contributed by atoms with E-state index < -0.39 is 11.7 Å². The van der Waals surface area contributed by atoms with Gasteiger partial charge in [0.05, 0.1) is 5.56 Å². The van der Waals surface area contributed by atoms with Crippen LogP contribution in [0.25, 0.3) is 10.9 Å². The van der Waals surface area contributed by atoms with Gasteiger partial charge in [0.25, 0.3) is 11.7 Å². The lowest BCUT2D eigenvalue weighted by Gasteiger charge is -2.08. The number of ether oxygens (including phenoxy) is 1. The number of nitrogens with zero attached hydrogens (tertiary/aromatic N) is 1. The Kier molecular flexibility index (Phi) is 5.30. The smallest absolute Gasteiger partial charge is 0.289 e. The number of ketones is 1. The first kappa shape index (κ1) is 19.4. The molecule has 0 spiro atoms. The van der Waals surface area contributed by atoms with E-state index in [1.54, 1.807) is 24.4 Å². The van der Waals surface area contributed by atoms with Gasteiger partial charge in [-0.05, 0) is 41.5 Å². The van der Waals surface area contributed by atoms with E-state index >= 15 is 0 Å². The van der Waals surface area contributed by atoms with Crippen LogP contribution in [0.3, 0.4) is 0 Å². The van der Waals surface area contributed by atoms with Crippen LogP contribution < -0.4 is 10.5 Å². The van der Waals surface area contributed by atoms with Crippen molar-refractivity contribution in [1.29, 1.82) is 0 Å². The van der Waals surface area contributed by atoms with Gasteiger partial charge in [0.15, 0.2) is 0 Å². The Morgan fingerprint density at radius 1 is 0.933 bits per heavy atom. The molecule has 1 aromatic heterocycles. The maximum Gasteiger partial charge on any atom is 0.289 e. The summed E-state index contributed by atoms with van der Waals surface area (Å²) in [7, 11) is 0. The lowest BCUT2D eigenvalue weighted by atomic mass is 10.1. The fourth-order valence-corrected chi connectivity index (χ4v) is 3.34. The lowest BCUT2D eigenvalue weighted by molar-refractivity contribution is -0.114. The summed E-state index contributed by atoms with van der Waals surface area (Å²) in [5.41, 5.74) is 8.07. The fraction of sp³-hybridized carbons (Fsp3) is 0.0833. The van der Waals surface area contributed by atoms with Gasteiger partial charge in [0.1, 0.15) is 18.2 Å². The quantitative estimate of drug-likeness (QED) is 0.374. The molecule has 6 heteroatoms. The average Bonchev–Trinajstić information content (AvgIpc) is 3.11. The molecule has 0 bridgehead atoms. The molecule has 0 saturated carbocycles. The van der Waals surface area contributed by atoms with Crippen LogP contribution in [-0.4, -0.2) is 16.3 Å². The van der Waals surface area contributed by atoms with Crippen molar-refractivity contribution in [3.05, 3.63) is 102 Å². The SMILES string of the molecule is NC(=O)C(=O)c1cn(Cc2ccc(F)cc2)c2ccc(OCc3ccccc3)cc12. The van der Waals surface area contributed by atoms with Gasteiger partial charge in [-0.2, -0.15) is 0 Å². The summed E-state index contributed by atoms with van der Waals surface area (Å²) >= 11 is 0. The van der Waals surface area contributed by atoms with E-state index in [0.717, 1.165) is 16.6 Å². The Balaban J connectivity index is 1.69. The predicted molar refractivity (Wildman–Crippen MR) is 112 cm³/mol. The summed E-state index contributed by atoms with van der Waals surface area (Å²) in [5.74, 6) is -1.53. The van der Waals surface area contributed by atoms with Crippen LogP contribution in [-0.2, 0) is 17.9 Å². The van der Waals surface area contributed by atoms with Gasteiger partial charge in [0, 0.05) is 23.6 Å². The normalized spacial score (nSPS) is 10.8. The zero-order chi connectivity index (χ0) is 21.1. The molecule has 0 fully saturated rings. The van der Waals surface area contributed by atoms with Gasteiger partial charge in [0.2, 0.25) is 0 Å². The van der Waals surface area contributed by atoms with E-state index in [2.05, 4.69) is 0 Å². The first-order valence-corrected chi connectivity index (χ1v) is 9.39. The maximum atomic E-state index is 13.2. The van der Waals surface area contributed by atoms with Gasteiger partial charge in [-0.15, -0.1) is 0 Å². The number of fused-ring (bicyclic) bond motifs is 1. The summed E-state index contributed by atoms with van der Waals surface area (Å²) in [6, 6.07) is 21.2. The third kappa shape index (κ3) is 4.07. The molecule has 0 atom stereocenters. The monoisotopic (exact) mass is 402 g/mol. The number of nitrogens with two attached hydrogens (primary N) is 1. The van der Waals surface area contributed by atoms with E-state index in [1.807, 2.05) is 47.0 Å². The first-order valence-electron chi connectivity index (χ1n) is 9.39. The summed E-state index contributed by atoms with van der Waals surface area (Å²) in [6.45, 7) is 0.786. The number of Topliss-reactive ketones (excluding diaryl/α,β-unsaturated/α-hetero) is 1. The molecule has 0 unspecified atom stereocenters. The molecule has 0 aliphatic heterocycles. The number of halogens is 1. The van der Waals surface area contributed by atoms with Gasteiger partial charge >= 0.3 is 0 Å². The Morgan fingerprint density at radius 3 is 2.37 bits per heavy atom. The summed E-state index contributed by atoms with van der Waals surface area (Å²) in [4.78, 5) is 23.9. The highest BCUT2D eigenvalue weighted by Crippen LogP contribution is 2.28. The average molecular weight is 402 g/mol. The van der Waals surface area contributed by atoms with Gasteiger partial charge in [-0.3, -0.25) is 9.59 Å². The molecule has 0 radical (unpaired) electrons. The van der Waals surface area contributed by atoms with Crippen LogP contribution in [0.1, 0.15) is 21.5 Å². The fourth-order valence-electron chi connectivity index (χ4n) is 3.34. The molecule has 1 heterocycles. The van der Waals surface area contributed by atoms with E-state index in [4.69, 9.17) is 10.5 Å². The van der Waals surface area contributed by atoms with E-state index in [1.165, 1.54) is 12.1 Å². The van der Waals surface area contributed by atoms with E-state index in [9.17, 15) is 14.0 Å². The Hall–Kier alpha value is -3.93. The molecule has 0 aliphatic rings. The van der Waals surface area contributed by atoms with Crippen LogP contribution in [0.5, 0.6) is 5.75 Å². The number of aromatic nitrogens is 1. The van der Waals surface area contributed by atoms with Crippen molar-refractivity contribution < 1.29 is 18.7 Å². The maximum absolute atomic E-state index is 13.2. The Morgan fingerprint density at radius 2 is 1.67 bits per heavy atom. The highest BCUT2D eigenvalue weighted by atomic mass is 19.1.